The van der Waals surface area contributed by atoms with E-state index in [1.165, 1.54) is 10.7 Å². The second kappa shape index (κ2) is 7.07. The first kappa shape index (κ1) is 16.7. The molecule has 0 radical (unpaired) electrons. The molecular formula is C13H14F3N5O2. The molecule has 0 saturated heterocycles. The highest BCUT2D eigenvalue weighted by Crippen LogP contribution is 2.21. The summed E-state index contributed by atoms with van der Waals surface area (Å²) in [6, 6.07) is 1.65. The van der Waals surface area contributed by atoms with Crippen LogP contribution in [-0.2, 0) is 22.7 Å². The van der Waals surface area contributed by atoms with Gasteiger partial charge in [0.25, 0.3) is 0 Å². The van der Waals surface area contributed by atoms with Crippen molar-refractivity contribution in [1.82, 2.24) is 25.2 Å². The fourth-order valence-electron chi connectivity index (χ4n) is 1.84. The molecule has 124 valence electrons. The van der Waals surface area contributed by atoms with Gasteiger partial charge in [0.05, 0.1) is 31.1 Å². The minimum Gasteiger partial charge on any atom is -0.353 e. The second-order valence-electron chi connectivity index (χ2n) is 4.79. The lowest BCUT2D eigenvalue weighted by atomic mass is 10.2. The molecule has 7 nitrogen and oxygen atoms in total. The first-order valence-electron chi connectivity index (χ1n) is 6.71. The molecule has 2 aromatic heterocycles. The van der Waals surface area contributed by atoms with E-state index in [0.717, 1.165) is 0 Å². The molecule has 0 aliphatic carbocycles. The molecule has 2 amide bonds. The molecule has 0 atom stereocenters. The predicted octanol–water partition coefficient (Wildman–Crippen LogP) is 0.934. The Labute approximate surface area is 128 Å². The van der Waals surface area contributed by atoms with E-state index in [9.17, 15) is 22.8 Å². The number of amides is 2. The average Bonchev–Trinajstić information content (AvgIpc) is 2.90. The number of hydrogen-bond acceptors (Lipinski definition) is 4. The third-order valence-corrected chi connectivity index (χ3v) is 2.92. The molecule has 0 saturated carbocycles. The van der Waals surface area contributed by atoms with Crippen LogP contribution in [-0.4, -0.2) is 33.1 Å². The summed E-state index contributed by atoms with van der Waals surface area (Å²) in [6.45, 7) is 0.325. The number of nitrogens with zero attached hydrogens (tertiary/aromatic N) is 3. The van der Waals surface area contributed by atoms with Gasteiger partial charge in [0.2, 0.25) is 12.3 Å². The summed E-state index contributed by atoms with van der Waals surface area (Å²) >= 11 is 0. The van der Waals surface area contributed by atoms with Gasteiger partial charge in [-0.1, -0.05) is 0 Å². The molecule has 0 fully saturated rings. The van der Waals surface area contributed by atoms with Gasteiger partial charge in [-0.15, -0.1) is 0 Å². The predicted molar refractivity (Wildman–Crippen MR) is 73.0 cm³/mol. The molecule has 10 heteroatoms. The van der Waals surface area contributed by atoms with E-state index in [1.54, 1.807) is 12.3 Å². The fraction of sp³-hybridized carbons (Fsp3) is 0.385. The average molecular weight is 329 g/mol. The Morgan fingerprint density at radius 2 is 2.13 bits per heavy atom. The highest BCUT2D eigenvalue weighted by molar-refractivity contribution is 5.75. The van der Waals surface area contributed by atoms with Crippen LogP contribution < -0.4 is 10.6 Å². The van der Waals surface area contributed by atoms with Crippen molar-refractivity contribution in [2.24, 2.45) is 0 Å². The molecule has 2 heterocycles. The normalized spacial score (nSPS) is 11.4. The number of nitrogens with one attached hydrogen (secondary N) is 2. The van der Waals surface area contributed by atoms with E-state index >= 15 is 0 Å². The number of aromatic nitrogens is 3. The number of imidazole rings is 1. The number of hydrogen-bond donors (Lipinski definition) is 2. The fourth-order valence-corrected chi connectivity index (χ4v) is 1.84. The number of halogens is 3. The zero-order valence-corrected chi connectivity index (χ0v) is 11.9. The van der Waals surface area contributed by atoms with Crippen molar-refractivity contribution < 1.29 is 22.8 Å². The number of alkyl halides is 3. The van der Waals surface area contributed by atoms with Crippen LogP contribution in [0, 0.1) is 0 Å². The summed E-state index contributed by atoms with van der Waals surface area (Å²) in [5, 5.41) is 8.96. The van der Waals surface area contributed by atoms with Gasteiger partial charge in [-0.05, 0) is 11.6 Å². The summed E-state index contributed by atoms with van der Waals surface area (Å²) in [5.41, 5.74) is 1.73. The maximum atomic E-state index is 12.0. The van der Waals surface area contributed by atoms with Gasteiger partial charge < -0.3 is 10.6 Å². The number of carbonyl (C=O) groups is 2. The van der Waals surface area contributed by atoms with Crippen LogP contribution in [0.3, 0.4) is 0 Å². The zero-order valence-electron chi connectivity index (χ0n) is 11.9. The molecule has 23 heavy (non-hydrogen) atoms. The highest BCUT2D eigenvalue weighted by atomic mass is 19.4. The summed E-state index contributed by atoms with van der Waals surface area (Å²) in [6.07, 6.45) is -2.43. The van der Waals surface area contributed by atoms with Crippen LogP contribution >= 0.6 is 0 Å². The maximum absolute atomic E-state index is 12.0. The molecule has 0 aliphatic heterocycles. The van der Waals surface area contributed by atoms with E-state index in [-0.39, 0.29) is 13.1 Å². The van der Waals surface area contributed by atoms with E-state index in [4.69, 9.17) is 0 Å². The topological polar surface area (TPSA) is 88.4 Å². The van der Waals surface area contributed by atoms with Crippen LogP contribution in [0.5, 0.6) is 0 Å². The SMILES string of the molecule is O=CNCc1cn2ncc(CNC(=O)CCC(F)(F)F)cc2n1. The quantitative estimate of drug-likeness (QED) is 0.740. The molecule has 0 spiro atoms. The minimum atomic E-state index is -4.35. The van der Waals surface area contributed by atoms with E-state index in [0.29, 0.717) is 23.3 Å². The first-order chi connectivity index (χ1) is 10.9. The third-order valence-electron chi connectivity index (χ3n) is 2.92. The van der Waals surface area contributed by atoms with Gasteiger partial charge in [0.15, 0.2) is 5.65 Å². The van der Waals surface area contributed by atoms with Gasteiger partial charge in [0, 0.05) is 13.0 Å². The van der Waals surface area contributed by atoms with Gasteiger partial charge in [0.1, 0.15) is 0 Å². The van der Waals surface area contributed by atoms with Gasteiger partial charge in [-0.2, -0.15) is 18.3 Å². The smallest absolute Gasteiger partial charge is 0.353 e. The molecule has 0 unspecified atom stereocenters. The van der Waals surface area contributed by atoms with Crippen LogP contribution in [0.1, 0.15) is 24.1 Å². The molecule has 2 rings (SSSR count). The first-order valence-corrected chi connectivity index (χ1v) is 6.71. The van der Waals surface area contributed by atoms with Crippen molar-refractivity contribution in [2.45, 2.75) is 32.1 Å². The Hall–Kier alpha value is -2.65. The molecule has 0 aromatic carbocycles. The van der Waals surface area contributed by atoms with Crippen LogP contribution in [0.4, 0.5) is 13.2 Å². The lowest BCUT2D eigenvalue weighted by Gasteiger charge is -2.07. The van der Waals surface area contributed by atoms with E-state index < -0.39 is 24.9 Å². The molecule has 2 aromatic rings. The Balaban J connectivity index is 1.92. The zero-order chi connectivity index (χ0) is 16.9. The Morgan fingerprint density at radius 1 is 1.35 bits per heavy atom. The molecular weight excluding hydrogens is 315 g/mol. The highest BCUT2D eigenvalue weighted by Gasteiger charge is 2.27. The van der Waals surface area contributed by atoms with Gasteiger partial charge in [-0.3, -0.25) is 9.59 Å². The molecule has 0 bridgehead atoms. The monoisotopic (exact) mass is 329 g/mol. The Bertz CT molecular complexity index is 698. The number of rotatable bonds is 7. The van der Waals surface area contributed by atoms with Crippen molar-refractivity contribution in [3.8, 4) is 0 Å². The van der Waals surface area contributed by atoms with E-state index in [2.05, 4.69) is 20.7 Å². The Morgan fingerprint density at radius 3 is 2.83 bits per heavy atom. The van der Waals surface area contributed by atoms with Crippen LogP contribution in [0.15, 0.2) is 18.5 Å². The third kappa shape index (κ3) is 5.24. The van der Waals surface area contributed by atoms with Crippen molar-refractivity contribution in [3.05, 3.63) is 29.7 Å². The summed E-state index contributed by atoms with van der Waals surface area (Å²) in [5.74, 6) is -0.679. The Kier molecular flexibility index (Phi) is 5.14. The molecule has 2 N–H and O–H groups in total. The largest absolute Gasteiger partial charge is 0.389 e. The summed E-state index contributed by atoms with van der Waals surface area (Å²) < 4.78 is 37.5. The number of carbonyl (C=O) groups excluding carboxylic acids is 2. The maximum Gasteiger partial charge on any atom is 0.389 e. The van der Waals surface area contributed by atoms with Crippen molar-refractivity contribution in [2.75, 3.05) is 0 Å². The van der Waals surface area contributed by atoms with Crippen molar-refractivity contribution in [3.63, 3.8) is 0 Å². The van der Waals surface area contributed by atoms with Gasteiger partial charge in [-0.25, -0.2) is 9.50 Å². The lowest BCUT2D eigenvalue weighted by Crippen LogP contribution is -2.24. The van der Waals surface area contributed by atoms with Crippen molar-refractivity contribution in [1.29, 1.82) is 0 Å². The second-order valence-corrected chi connectivity index (χ2v) is 4.79. The van der Waals surface area contributed by atoms with Crippen molar-refractivity contribution >= 4 is 18.0 Å². The summed E-state index contributed by atoms with van der Waals surface area (Å²) in [7, 11) is 0. The van der Waals surface area contributed by atoms with E-state index in [1.807, 2.05) is 0 Å². The lowest BCUT2D eigenvalue weighted by molar-refractivity contribution is -0.144. The van der Waals surface area contributed by atoms with Gasteiger partial charge >= 0.3 is 6.18 Å². The minimum absolute atomic E-state index is 0.0645. The number of fused-ring (bicyclic) bond motifs is 1. The standard InChI is InChI=1S/C13H14F3N5O2/c14-13(15,16)2-1-12(23)18-4-9-3-11-20-10(6-17-8-22)7-21(11)19-5-9/h3,5,7-8H,1-2,4,6H2,(H,17,22)(H,18,23). The van der Waals surface area contributed by atoms with Crippen LogP contribution in [0.25, 0.3) is 5.65 Å². The van der Waals surface area contributed by atoms with Crippen LogP contribution in [0.2, 0.25) is 0 Å². The summed E-state index contributed by atoms with van der Waals surface area (Å²) in [4.78, 5) is 25.8. The molecule has 0 aliphatic rings.